The molecule has 0 saturated carbocycles. The lowest BCUT2D eigenvalue weighted by Crippen LogP contribution is -2.48. The standard InChI is InChI=1S/C17H24N6O2/c1-11(7-14-12(2)21-25-13(14)3)20-15-8-16(19-10-18-15)23-6-5-22(4)17(24)9-23/h8,10-11H,5-7,9H2,1-4H3,(H,18,19,20). The Morgan fingerprint density at radius 1 is 1.32 bits per heavy atom. The Bertz CT molecular complexity index is 740. The summed E-state index contributed by atoms with van der Waals surface area (Å²) in [5, 5.41) is 7.39. The molecule has 25 heavy (non-hydrogen) atoms. The SMILES string of the molecule is Cc1noc(C)c1CC(C)Nc1cc(N2CCN(C)C(=O)C2)ncn1. The fraction of sp³-hybridized carbons (Fsp3) is 0.529. The Labute approximate surface area is 147 Å². The van der Waals surface area contributed by atoms with E-state index in [1.165, 1.54) is 6.33 Å². The number of anilines is 2. The summed E-state index contributed by atoms with van der Waals surface area (Å²) in [7, 11) is 1.82. The first kappa shape index (κ1) is 17.2. The van der Waals surface area contributed by atoms with E-state index in [0.29, 0.717) is 13.1 Å². The highest BCUT2D eigenvalue weighted by atomic mass is 16.5. The molecule has 1 saturated heterocycles. The molecule has 0 bridgehead atoms. The van der Waals surface area contributed by atoms with Gasteiger partial charge in [-0.2, -0.15) is 0 Å². The minimum atomic E-state index is 0.103. The molecule has 1 aliphatic rings. The predicted octanol–water partition coefficient (Wildman–Crippen LogP) is 1.40. The summed E-state index contributed by atoms with van der Waals surface area (Å²) < 4.78 is 5.22. The number of nitrogens with one attached hydrogen (secondary N) is 1. The average molecular weight is 344 g/mol. The van der Waals surface area contributed by atoms with E-state index in [1.54, 1.807) is 4.90 Å². The van der Waals surface area contributed by atoms with Crippen molar-refractivity contribution in [2.45, 2.75) is 33.2 Å². The fourth-order valence-corrected chi connectivity index (χ4v) is 2.96. The van der Waals surface area contributed by atoms with Gasteiger partial charge in [0.2, 0.25) is 5.91 Å². The first-order valence-electron chi connectivity index (χ1n) is 8.43. The molecule has 2 aromatic heterocycles. The number of hydrogen-bond donors (Lipinski definition) is 1. The van der Waals surface area contributed by atoms with Gasteiger partial charge in [0.15, 0.2) is 0 Å². The van der Waals surface area contributed by atoms with Gasteiger partial charge in [-0.25, -0.2) is 9.97 Å². The van der Waals surface area contributed by atoms with E-state index in [-0.39, 0.29) is 11.9 Å². The van der Waals surface area contributed by atoms with Crippen LogP contribution < -0.4 is 10.2 Å². The molecule has 0 spiro atoms. The maximum absolute atomic E-state index is 11.9. The summed E-state index contributed by atoms with van der Waals surface area (Å²) in [6, 6.07) is 2.05. The third-order valence-corrected chi connectivity index (χ3v) is 4.52. The smallest absolute Gasteiger partial charge is 0.241 e. The largest absolute Gasteiger partial charge is 0.367 e. The van der Waals surface area contributed by atoms with E-state index in [2.05, 4.69) is 27.4 Å². The van der Waals surface area contributed by atoms with Crippen LogP contribution in [0.15, 0.2) is 16.9 Å². The monoisotopic (exact) mass is 344 g/mol. The van der Waals surface area contributed by atoms with Gasteiger partial charge in [0.05, 0.1) is 12.2 Å². The summed E-state index contributed by atoms with van der Waals surface area (Å²) >= 11 is 0. The molecule has 134 valence electrons. The lowest BCUT2D eigenvalue weighted by atomic mass is 10.1. The van der Waals surface area contributed by atoms with Crippen LogP contribution >= 0.6 is 0 Å². The quantitative estimate of drug-likeness (QED) is 0.877. The van der Waals surface area contributed by atoms with Gasteiger partial charge in [-0.1, -0.05) is 5.16 Å². The summed E-state index contributed by atoms with van der Waals surface area (Å²) in [5.41, 5.74) is 2.05. The highest BCUT2D eigenvalue weighted by Gasteiger charge is 2.22. The highest BCUT2D eigenvalue weighted by Crippen LogP contribution is 2.19. The minimum absolute atomic E-state index is 0.103. The molecule has 0 aromatic carbocycles. The number of carbonyl (C=O) groups is 1. The van der Waals surface area contributed by atoms with Crippen molar-refractivity contribution in [1.29, 1.82) is 0 Å². The number of likely N-dealkylation sites (N-methyl/N-ethyl adjacent to an activating group) is 1. The lowest BCUT2D eigenvalue weighted by molar-refractivity contribution is -0.129. The molecule has 1 N–H and O–H groups in total. The number of hydrogen-bond acceptors (Lipinski definition) is 7. The molecule has 1 aliphatic heterocycles. The zero-order valence-corrected chi connectivity index (χ0v) is 15.1. The van der Waals surface area contributed by atoms with Gasteiger partial charge in [0, 0.05) is 37.8 Å². The number of amides is 1. The van der Waals surface area contributed by atoms with E-state index < -0.39 is 0 Å². The van der Waals surface area contributed by atoms with Crippen LogP contribution in [-0.2, 0) is 11.2 Å². The summed E-state index contributed by atoms with van der Waals surface area (Å²) in [6.07, 6.45) is 2.33. The van der Waals surface area contributed by atoms with E-state index in [0.717, 1.165) is 41.6 Å². The highest BCUT2D eigenvalue weighted by molar-refractivity contribution is 5.82. The molecule has 1 fully saturated rings. The first-order chi connectivity index (χ1) is 11.9. The first-order valence-corrected chi connectivity index (χ1v) is 8.43. The van der Waals surface area contributed by atoms with Crippen LogP contribution in [0.2, 0.25) is 0 Å². The molecule has 3 heterocycles. The Balaban J connectivity index is 1.66. The van der Waals surface area contributed by atoms with Crippen LogP contribution in [0.1, 0.15) is 23.9 Å². The Kier molecular flexibility index (Phi) is 4.87. The number of rotatable bonds is 5. The second kappa shape index (κ2) is 7.08. The second-order valence-corrected chi connectivity index (χ2v) is 6.55. The van der Waals surface area contributed by atoms with Gasteiger partial charge >= 0.3 is 0 Å². The predicted molar refractivity (Wildman–Crippen MR) is 94.6 cm³/mol. The Morgan fingerprint density at radius 2 is 2.12 bits per heavy atom. The van der Waals surface area contributed by atoms with Crippen LogP contribution in [0.4, 0.5) is 11.6 Å². The zero-order chi connectivity index (χ0) is 18.0. The topological polar surface area (TPSA) is 87.4 Å². The van der Waals surface area contributed by atoms with E-state index in [9.17, 15) is 4.79 Å². The minimum Gasteiger partial charge on any atom is -0.367 e. The van der Waals surface area contributed by atoms with Gasteiger partial charge in [-0.3, -0.25) is 4.79 Å². The van der Waals surface area contributed by atoms with Crippen LogP contribution in [-0.4, -0.2) is 58.7 Å². The van der Waals surface area contributed by atoms with Crippen LogP contribution in [0.25, 0.3) is 0 Å². The van der Waals surface area contributed by atoms with Gasteiger partial charge < -0.3 is 19.6 Å². The second-order valence-electron chi connectivity index (χ2n) is 6.55. The lowest BCUT2D eigenvalue weighted by Gasteiger charge is -2.32. The molecular formula is C17H24N6O2. The van der Waals surface area contributed by atoms with Crippen molar-refractivity contribution in [2.24, 2.45) is 0 Å². The third-order valence-electron chi connectivity index (χ3n) is 4.52. The molecule has 0 aliphatic carbocycles. The maximum atomic E-state index is 11.9. The van der Waals surface area contributed by atoms with Crippen LogP contribution in [0.5, 0.6) is 0 Å². The van der Waals surface area contributed by atoms with Crippen molar-refractivity contribution in [3.8, 4) is 0 Å². The van der Waals surface area contributed by atoms with Crippen molar-refractivity contribution in [3.63, 3.8) is 0 Å². The molecular weight excluding hydrogens is 320 g/mol. The summed E-state index contributed by atoms with van der Waals surface area (Å²) in [6.45, 7) is 7.79. The Hall–Kier alpha value is -2.64. The van der Waals surface area contributed by atoms with Gasteiger partial charge in [0.25, 0.3) is 0 Å². The number of piperazine rings is 1. The maximum Gasteiger partial charge on any atom is 0.241 e. The van der Waals surface area contributed by atoms with Crippen molar-refractivity contribution in [1.82, 2.24) is 20.0 Å². The molecule has 0 radical (unpaired) electrons. The van der Waals surface area contributed by atoms with Crippen molar-refractivity contribution in [2.75, 3.05) is 36.9 Å². The number of carbonyl (C=O) groups excluding carboxylic acids is 1. The number of aryl methyl sites for hydroxylation is 2. The summed E-state index contributed by atoms with van der Waals surface area (Å²) in [5.74, 6) is 2.47. The fourth-order valence-electron chi connectivity index (χ4n) is 2.96. The number of nitrogens with zero attached hydrogens (tertiary/aromatic N) is 5. The van der Waals surface area contributed by atoms with Gasteiger partial charge in [-0.15, -0.1) is 0 Å². The van der Waals surface area contributed by atoms with Crippen molar-refractivity contribution < 1.29 is 9.32 Å². The third kappa shape index (κ3) is 3.89. The van der Waals surface area contributed by atoms with Crippen LogP contribution in [0.3, 0.4) is 0 Å². The molecule has 1 unspecified atom stereocenters. The zero-order valence-electron chi connectivity index (χ0n) is 15.1. The average Bonchev–Trinajstić information content (AvgIpc) is 2.89. The summed E-state index contributed by atoms with van der Waals surface area (Å²) in [4.78, 5) is 24.2. The van der Waals surface area contributed by atoms with Gasteiger partial charge in [-0.05, 0) is 27.2 Å². The molecule has 8 nitrogen and oxygen atoms in total. The van der Waals surface area contributed by atoms with E-state index >= 15 is 0 Å². The normalized spacial score (nSPS) is 16.2. The van der Waals surface area contributed by atoms with E-state index in [4.69, 9.17) is 4.52 Å². The molecule has 1 amide bonds. The van der Waals surface area contributed by atoms with Gasteiger partial charge in [0.1, 0.15) is 23.7 Å². The number of aromatic nitrogens is 3. The van der Waals surface area contributed by atoms with Crippen molar-refractivity contribution >= 4 is 17.5 Å². The van der Waals surface area contributed by atoms with E-state index in [1.807, 2.05) is 31.9 Å². The van der Waals surface area contributed by atoms with Crippen molar-refractivity contribution in [3.05, 3.63) is 29.4 Å². The molecule has 2 aromatic rings. The molecule has 3 rings (SSSR count). The van der Waals surface area contributed by atoms with Crippen LogP contribution in [0, 0.1) is 13.8 Å². The molecule has 8 heteroatoms. The molecule has 1 atom stereocenters. The Morgan fingerprint density at radius 3 is 2.80 bits per heavy atom.